The number of pyridine rings is 2. The van der Waals surface area contributed by atoms with E-state index in [0.717, 1.165) is 54.0 Å². The highest BCUT2D eigenvalue weighted by atomic mass is 16.3. The first-order valence-corrected chi connectivity index (χ1v) is 10.4. The molecular formula is C24H23N5O2. The van der Waals surface area contributed by atoms with Crippen molar-refractivity contribution in [3.63, 3.8) is 0 Å². The minimum atomic E-state index is 0.0380. The number of nitrogens with zero attached hydrogens (tertiary/aromatic N) is 5. The third kappa shape index (κ3) is 4.18. The predicted octanol–water partition coefficient (Wildman–Crippen LogP) is 3.46. The molecule has 1 aromatic carbocycles. The number of aromatic nitrogens is 3. The van der Waals surface area contributed by atoms with Crippen molar-refractivity contribution in [1.82, 2.24) is 19.9 Å². The Morgan fingerprint density at radius 3 is 2.68 bits per heavy atom. The van der Waals surface area contributed by atoms with Crippen LogP contribution in [0, 0.1) is 0 Å². The van der Waals surface area contributed by atoms with Gasteiger partial charge in [0, 0.05) is 60.8 Å². The number of likely N-dealkylation sites (N-methyl/N-ethyl adjacent to an activating group) is 1. The van der Waals surface area contributed by atoms with Gasteiger partial charge in [-0.15, -0.1) is 0 Å². The lowest BCUT2D eigenvalue weighted by Crippen LogP contribution is -2.44. The Kier molecular flexibility index (Phi) is 5.18. The summed E-state index contributed by atoms with van der Waals surface area (Å²) in [6, 6.07) is 11.7. The molecule has 156 valence electrons. The lowest BCUT2D eigenvalue weighted by molar-refractivity contribution is 0.0992. The molecule has 7 heteroatoms. The summed E-state index contributed by atoms with van der Waals surface area (Å²) in [5, 5.41) is 2.03. The van der Waals surface area contributed by atoms with Gasteiger partial charge in [0.2, 0.25) is 0 Å². The van der Waals surface area contributed by atoms with E-state index >= 15 is 0 Å². The number of benzene rings is 1. The molecule has 31 heavy (non-hydrogen) atoms. The standard InChI is InChI=1S/C24H23N5O2/c1-28-6-8-29(9-7-28)24-12-17(4-5-26-24)22(30)13-21-11-20-10-18(23-15-25-16-31-23)2-3-19(20)14-27-21/h2-5,10-12,14-16H,6-9,13H2,1H3. The molecule has 7 nitrogen and oxygen atoms in total. The van der Waals surface area contributed by atoms with E-state index in [1.54, 1.807) is 18.5 Å². The summed E-state index contributed by atoms with van der Waals surface area (Å²) < 4.78 is 5.39. The predicted molar refractivity (Wildman–Crippen MR) is 119 cm³/mol. The van der Waals surface area contributed by atoms with Gasteiger partial charge in [-0.25, -0.2) is 9.97 Å². The topological polar surface area (TPSA) is 75.4 Å². The van der Waals surface area contributed by atoms with Crippen molar-refractivity contribution < 1.29 is 9.21 Å². The van der Waals surface area contributed by atoms with Gasteiger partial charge in [0.25, 0.3) is 0 Å². The Morgan fingerprint density at radius 1 is 1.00 bits per heavy atom. The van der Waals surface area contributed by atoms with E-state index in [1.165, 1.54) is 6.39 Å². The summed E-state index contributed by atoms with van der Waals surface area (Å²) in [6.45, 7) is 3.83. The monoisotopic (exact) mass is 413 g/mol. The van der Waals surface area contributed by atoms with E-state index in [9.17, 15) is 4.79 Å². The van der Waals surface area contributed by atoms with Gasteiger partial charge in [-0.1, -0.05) is 12.1 Å². The Hall–Kier alpha value is -3.58. The third-order valence-electron chi connectivity index (χ3n) is 5.73. The second-order valence-electron chi connectivity index (χ2n) is 7.90. The van der Waals surface area contributed by atoms with Crippen LogP contribution in [0.2, 0.25) is 0 Å². The second-order valence-corrected chi connectivity index (χ2v) is 7.90. The number of carbonyl (C=O) groups is 1. The molecule has 4 heterocycles. The molecule has 0 spiro atoms. The highest BCUT2D eigenvalue weighted by Gasteiger charge is 2.17. The summed E-state index contributed by atoms with van der Waals surface area (Å²) in [6.07, 6.45) is 6.88. The highest BCUT2D eigenvalue weighted by Crippen LogP contribution is 2.25. The maximum Gasteiger partial charge on any atom is 0.181 e. The largest absolute Gasteiger partial charge is 0.444 e. The maximum atomic E-state index is 13.0. The smallest absolute Gasteiger partial charge is 0.181 e. The molecule has 0 N–H and O–H groups in total. The normalized spacial score (nSPS) is 14.8. The molecule has 1 fully saturated rings. The van der Waals surface area contributed by atoms with Crippen LogP contribution in [0.25, 0.3) is 22.1 Å². The number of carbonyl (C=O) groups excluding carboxylic acids is 1. The number of hydrogen-bond acceptors (Lipinski definition) is 7. The first-order chi connectivity index (χ1) is 15.2. The zero-order valence-electron chi connectivity index (χ0n) is 17.4. The molecule has 1 saturated heterocycles. The quantitative estimate of drug-likeness (QED) is 0.464. The van der Waals surface area contributed by atoms with Crippen LogP contribution >= 0.6 is 0 Å². The number of ketones is 1. The van der Waals surface area contributed by atoms with Crippen LogP contribution in [-0.2, 0) is 6.42 Å². The van der Waals surface area contributed by atoms with Gasteiger partial charge in [-0.3, -0.25) is 9.78 Å². The average Bonchev–Trinajstić information content (AvgIpc) is 3.34. The molecule has 0 aliphatic carbocycles. The van der Waals surface area contributed by atoms with Gasteiger partial charge in [-0.05, 0) is 36.7 Å². The van der Waals surface area contributed by atoms with Gasteiger partial charge >= 0.3 is 0 Å². The van der Waals surface area contributed by atoms with Gasteiger partial charge in [-0.2, -0.15) is 0 Å². The van der Waals surface area contributed by atoms with Gasteiger partial charge in [0.1, 0.15) is 5.82 Å². The Morgan fingerprint density at radius 2 is 1.87 bits per heavy atom. The number of fused-ring (bicyclic) bond motifs is 1. The highest BCUT2D eigenvalue weighted by molar-refractivity contribution is 5.98. The van der Waals surface area contributed by atoms with Crippen LogP contribution in [0.3, 0.4) is 0 Å². The molecule has 0 radical (unpaired) electrons. The molecule has 1 aliphatic heterocycles. The first-order valence-electron chi connectivity index (χ1n) is 10.4. The Labute approximate surface area is 180 Å². The molecule has 4 aromatic rings. The van der Waals surface area contributed by atoms with Crippen molar-refractivity contribution in [2.24, 2.45) is 0 Å². The first kappa shape index (κ1) is 19.4. The lowest BCUT2D eigenvalue weighted by Gasteiger charge is -2.33. The molecule has 1 aliphatic rings. The van der Waals surface area contributed by atoms with E-state index in [1.807, 2.05) is 36.5 Å². The van der Waals surface area contributed by atoms with Crippen LogP contribution in [0.1, 0.15) is 16.1 Å². The van der Waals surface area contributed by atoms with Crippen molar-refractivity contribution in [2.45, 2.75) is 6.42 Å². The van der Waals surface area contributed by atoms with Crippen LogP contribution in [-0.4, -0.2) is 58.9 Å². The molecule has 5 rings (SSSR count). The van der Waals surface area contributed by atoms with Crippen molar-refractivity contribution in [3.05, 3.63) is 72.6 Å². The zero-order valence-corrected chi connectivity index (χ0v) is 17.4. The van der Waals surface area contributed by atoms with E-state index in [2.05, 4.69) is 31.8 Å². The fourth-order valence-electron chi connectivity index (χ4n) is 3.86. The van der Waals surface area contributed by atoms with Crippen molar-refractivity contribution in [2.75, 3.05) is 38.1 Å². The van der Waals surface area contributed by atoms with E-state index in [0.29, 0.717) is 11.3 Å². The molecule has 0 amide bonds. The summed E-state index contributed by atoms with van der Waals surface area (Å²) in [7, 11) is 2.12. The van der Waals surface area contributed by atoms with Gasteiger partial charge < -0.3 is 14.2 Å². The number of Topliss-reactive ketones (excluding diaryl/α,β-unsaturated/α-hetero) is 1. The van der Waals surface area contributed by atoms with Crippen LogP contribution < -0.4 is 4.90 Å². The van der Waals surface area contributed by atoms with E-state index in [4.69, 9.17) is 4.42 Å². The van der Waals surface area contributed by atoms with Crippen molar-refractivity contribution in [3.8, 4) is 11.3 Å². The van der Waals surface area contributed by atoms with E-state index < -0.39 is 0 Å². The minimum absolute atomic E-state index is 0.0380. The number of oxazole rings is 1. The van der Waals surface area contributed by atoms with Crippen LogP contribution in [0.15, 0.2) is 65.8 Å². The second kappa shape index (κ2) is 8.28. The molecule has 3 aromatic heterocycles. The minimum Gasteiger partial charge on any atom is -0.444 e. The molecule has 0 unspecified atom stereocenters. The van der Waals surface area contributed by atoms with Gasteiger partial charge in [0.05, 0.1) is 12.6 Å². The van der Waals surface area contributed by atoms with E-state index in [-0.39, 0.29) is 12.2 Å². The Bertz CT molecular complexity index is 1210. The summed E-state index contributed by atoms with van der Waals surface area (Å²) in [5.74, 6) is 1.61. The fourth-order valence-corrected chi connectivity index (χ4v) is 3.86. The summed E-state index contributed by atoms with van der Waals surface area (Å²) >= 11 is 0. The fraction of sp³-hybridized carbons (Fsp3) is 0.250. The zero-order chi connectivity index (χ0) is 21.2. The summed E-state index contributed by atoms with van der Waals surface area (Å²) in [4.78, 5) is 30.5. The SMILES string of the molecule is CN1CCN(c2cc(C(=O)Cc3cc4cc(-c5cnco5)ccc4cn3)ccn2)CC1. The summed E-state index contributed by atoms with van der Waals surface area (Å²) in [5.41, 5.74) is 2.35. The maximum absolute atomic E-state index is 13.0. The van der Waals surface area contributed by atoms with Crippen LogP contribution in [0.5, 0.6) is 0 Å². The number of anilines is 1. The number of hydrogen-bond donors (Lipinski definition) is 0. The molecule has 0 atom stereocenters. The molecule has 0 bridgehead atoms. The number of rotatable bonds is 5. The molecule has 0 saturated carbocycles. The molecular weight excluding hydrogens is 390 g/mol. The van der Waals surface area contributed by atoms with Crippen LogP contribution in [0.4, 0.5) is 5.82 Å². The van der Waals surface area contributed by atoms with Crippen molar-refractivity contribution >= 4 is 22.4 Å². The van der Waals surface area contributed by atoms with Crippen molar-refractivity contribution in [1.29, 1.82) is 0 Å². The average molecular weight is 413 g/mol. The number of piperazine rings is 1. The third-order valence-corrected chi connectivity index (χ3v) is 5.73. The van der Waals surface area contributed by atoms with Gasteiger partial charge in [0.15, 0.2) is 17.9 Å². The Balaban J connectivity index is 1.35. The lowest BCUT2D eigenvalue weighted by atomic mass is 10.0.